The number of nitrogens with one attached hydrogen (secondary N) is 1. The van der Waals surface area contributed by atoms with Crippen molar-refractivity contribution >= 4 is 0 Å². The summed E-state index contributed by atoms with van der Waals surface area (Å²) >= 11 is 0. The van der Waals surface area contributed by atoms with Gasteiger partial charge >= 0.3 is 0 Å². The van der Waals surface area contributed by atoms with E-state index in [0.29, 0.717) is 17.7 Å². The highest BCUT2D eigenvalue weighted by Gasteiger charge is 2.22. The molecular formula is C12H10F3N3. The molecule has 2 aromatic rings. The Morgan fingerprint density at radius 3 is 2.33 bits per heavy atom. The summed E-state index contributed by atoms with van der Waals surface area (Å²) in [6.07, 6.45) is 2.95. The first-order valence-corrected chi connectivity index (χ1v) is 5.14. The first-order valence-electron chi connectivity index (χ1n) is 5.14. The van der Waals surface area contributed by atoms with Crippen LogP contribution in [0.5, 0.6) is 0 Å². The third-order valence-electron chi connectivity index (χ3n) is 2.52. The number of pyridine rings is 1. The van der Waals surface area contributed by atoms with Crippen molar-refractivity contribution in [1.29, 1.82) is 0 Å². The molecule has 0 spiro atoms. The molecule has 1 aromatic heterocycles. The number of benzene rings is 1. The van der Waals surface area contributed by atoms with Gasteiger partial charge in [-0.15, -0.1) is 0 Å². The largest absolute Gasteiger partial charge is 0.271 e. The van der Waals surface area contributed by atoms with Gasteiger partial charge in [-0.3, -0.25) is 10.8 Å². The van der Waals surface area contributed by atoms with E-state index in [1.54, 1.807) is 12.1 Å². The van der Waals surface area contributed by atoms with Gasteiger partial charge in [0, 0.05) is 30.1 Å². The van der Waals surface area contributed by atoms with Crippen LogP contribution in [0.2, 0.25) is 0 Å². The van der Waals surface area contributed by atoms with E-state index in [9.17, 15) is 13.2 Å². The first-order chi connectivity index (χ1) is 8.63. The summed E-state index contributed by atoms with van der Waals surface area (Å²) in [5, 5.41) is 0. The number of hydrogen-bond acceptors (Lipinski definition) is 3. The van der Waals surface area contributed by atoms with E-state index in [4.69, 9.17) is 5.84 Å². The standard InChI is InChI=1S/C12H10F3N3/c13-8-4-9(14)11(10(15)5-8)12(18-16)7-2-1-3-17-6-7/h1-6,12,18H,16H2. The maximum absolute atomic E-state index is 13.6. The highest BCUT2D eigenvalue weighted by atomic mass is 19.1. The summed E-state index contributed by atoms with van der Waals surface area (Å²) in [6.45, 7) is 0. The van der Waals surface area contributed by atoms with E-state index in [2.05, 4.69) is 10.4 Å². The lowest BCUT2D eigenvalue weighted by atomic mass is 9.99. The Hall–Kier alpha value is -1.92. The second kappa shape index (κ2) is 5.16. The Kier molecular flexibility index (Phi) is 3.59. The predicted octanol–water partition coefficient (Wildman–Crippen LogP) is 2.05. The highest BCUT2D eigenvalue weighted by molar-refractivity contribution is 5.32. The Labute approximate surface area is 101 Å². The van der Waals surface area contributed by atoms with Crippen LogP contribution in [-0.4, -0.2) is 4.98 Å². The lowest BCUT2D eigenvalue weighted by Gasteiger charge is -2.17. The molecular weight excluding hydrogens is 243 g/mol. The number of aromatic nitrogens is 1. The summed E-state index contributed by atoms with van der Waals surface area (Å²) in [6, 6.07) is 3.51. The molecule has 2 rings (SSSR count). The van der Waals surface area contributed by atoms with Crippen LogP contribution in [-0.2, 0) is 0 Å². The molecule has 0 bridgehead atoms. The van der Waals surface area contributed by atoms with Crippen molar-refractivity contribution < 1.29 is 13.2 Å². The summed E-state index contributed by atoms with van der Waals surface area (Å²) in [5.41, 5.74) is 2.43. The van der Waals surface area contributed by atoms with Gasteiger partial charge < -0.3 is 0 Å². The van der Waals surface area contributed by atoms with Crippen LogP contribution >= 0.6 is 0 Å². The number of hydrogen-bond donors (Lipinski definition) is 2. The van der Waals surface area contributed by atoms with E-state index in [1.165, 1.54) is 12.4 Å². The minimum atomic E-state index is -1.00. The van der Waals surface area contributed by atoms with Gasteiger partial charge in [-0.05, 0) is 11.6 Å². The predicted molar refractivity (Wildman–Crippen MR) is 59.7 cm³/mol. The smallest absolute Gasteiger partial charge is 0.134 e. The van der Waals surface area contributed by atoms with Crippen molar-refractivity contribution in [2.24, 2.45) is 5.84 Å². The van der Waals surface area contributed by atoms with Crippen molar-refractivity contribution in [2.45, 2.75) is 6.04 Å². The number of hydrazine groups is 1. The fourth-order valence-electron chi connectivity index (χ4n) is 1.72. The normalized spacial score (nSPS) is 12.4. The zero-order chi connectivity index (χ0) is 13.1. The molecule has 0 saturated carbocycles. The quantitative estimate of drug-likeness (QED) is 0.650. The van der Waals surface area contributed by atoms with Crippen molar-refractivity contribution in [2.75, 3.05) is 0 Å². The Morgan fingerprint density at radius 1 is 1.17 bits per heavy atom. The lowest BCUT2D eigenvalue weighted by molar-refractivity contribution is 0.491. The van der Waals surface area contributed by atoms with E-state index in [-0.39, 0.29) is 5.56 Å². The maximum atomic E-state index is 13.6. The molecule has 0 aliphatic carbocycles. The molecule has 0 radical (unpaired) electrons. The second-order valence-electron chi connectivity index (χ2n) is 3.67. The molecule has 1 unspecified atom stereocenters. The molecule has 6 heteroatoms. The van der Waals surface area contributed by atoms with Gasteiger partial charge in [0.2, 0.25) is 0 Å². The van der Waals surface area contributed by atoms with E-state index >= 15 is 0 Å². The van der Waals surface area contributed by atoms with E-state index in [1.807, 2.05) is 0 Å². The fraction of sp³-hybridized carbons (Fsp3) is 0.0833. The summed E-state index contributed by atoms with van der Waals surface area (Å²) in [7, 11) is 0. The van der Waals surface area contributed by atoms with Crippen molar-refractivity contribution in [1.82, 2.24) is 10.4 Å². The molecule has 3 N–H and O–H groups in total. The summed E-state index contributed by atoms with van der Waals surface area (Å²) in [5.74, 6) is 2.33. The van der Waals surface area contributed by atoms with Crippen LogP contribution < -0.4 is 11.3 Å². The van der Waals surface area contributed by atoms with Crippen LogP contribution in [0.4, 0.5) is 13.2 Å². The third kappa shape index (κ3) is 2.34. The fourth-order valence-corrected chi connectivity index (χ4v) is 1.72. The molecule has 0 aliphatic heterocycles. The molecule has 18 heavy (non-hydrogen) atoms. The monoisotopic (exact) mass is 253 g/mol. The SMILES string of the molecule is NNC(c1cccnc1)c1c(F)cc(F)cc1F. The lowest BCUT2D eigenvalue weighted by Crippen LogP contribution is -2.30. The topological polar surface area (TPSA) is 50.9 Å². The van der Waals surface area contributed by atoms with Gasteiger partial charge in [-0.25, -0.2) is 18.6 Å². The Bertz CT molecular complexity index is 523. The minimum absolute atomic E-state index is 0.341. The summed E-state index contributed by atoms with van der Waals surface area (Å²) < 4.78 is 40.1. The van der Waals surface area contributed by atoms with Gasteiger partial charge in [0.05, 0.1) is 6.04 Å². The number of nitrogens with two attached hydrogens (primary N) is 1. The van der Waals surface area contributed by atoms with Crippen LogP contribution in [0.25, 0.3) is 0 Å². The molecule has 0 aliphatic rings. The second-order valence-corrected chi connectivity index (χ2v) is 3.67. The average Bonchev–Trinajstić information content (AvgIpc) is 2.34. The Morgan fingerprint density at radius 2 is 1.83 bits per heavy atom. The van der Waals surface area contributed by atoms with Gasteiger partial charge in [0.15, 0.2) is 0 Å². The van der Waals surface area contributed by atoms with Crippen molar-refractivity contribution in [3.05, 3.63) is 65.2 Å². The number of nitrogens with zero attached hydrogens (tertiary/aromatic N) is 1. The molecule has 0 amide bonds. The zero-order valence-corrected chi connectivity index (χ0v) is 9.20. The Balaban J connectivity index is 2.52. The van der Waals surface area contributed by atoms with Crippen LogP contribution in [0, 0.1) is 17.5 Å². The van der Waals surface area contributed by atoms with E-state index in [0.717, 1.165) is 0 Å². The molecule has 1 aromatic carbocycles. The van der Waals surface area contributed by atoms with Crippen LogP contribution in [0.3, 0.4) is 0 Å². The molecule has 0 fully saturated rings. The van der Waals surface area contributed by atoms with Gasteiger partial charge in [0.25, 0.3) is 0 Å². The van der Waals surface area contributed by atoms with Crippen molar-refractivity contribution in [3.63, 3.8) is 0 Å². The number of rotatable bonds is 3. The maximum Gasteiger partial charge on any atom is 0.134 e. The van der Waals surface area contributed by atoms with Gasteiger partial charge in [-0.2, -0.15) is 0 Å². The van der Waals surface area contributed by atoms with Crippen molar-refractivity contribution in [3.8, 4) is 0 Å². The van der Waals surface area contributed by atoms with Gasteiger partial charge in [0.1, 0.15) is 17.5 Å². The van der Waals surface area contributed by atoms with Crippen LogP contribution in [0.1, 0.15) is 17.2 Å². The number of halogens is 3. The van der Waals surface area contributed by atoms with Gasteiger partial charge in [-0.1, -0.05) is 6.07 Å². The zero-order valence-electron chi connectivity index (χ0n) is 9.20. The van der Waals surface area contributed by atoms with E-state index < -0.39 is 23.5 Å². The molecule has 1 atom stereocenters. The average molecular weight is 253 g/mol. The third-order valence-corrected chi connectivity index (χ3v) is 2.52. The highest BCUT2D eigenvalue weighted by Crippen LogP contribution is 2.26. The first kappa shape index (κ1) is 12.5. The molecule has 0 saturated heterocycles. The summed E-state index contributed by atoms with van der Waals surface area (Å²) in [4.78, 5) is 3.84. The molecule has 1 heterocycles. The molecule has 3 nitrogen and oxygen atoms in total. The van der Waals surface area contributed by atoms with Crippen LogP contribution in [0.15, 0.2) is 36.7 Å². The molecule has 94 valence electrons. The minimum Gasteiger partial charge on any atom is -0.271 e.